The number of nitrogens with zero attached hydrogens (tertiary/aromatic N) is 1. The highest BCUT2D eigenvalue weighted by molar-refractivity contribution is 5.89. The maximum Gasteiger partial charge on any atom is 0.149 e. The monoisotopic (exact) mass is 375 g/mol. The minimum absolute atomic E-state index is 0.153. The van der Waals surface area contributed by atoms with Gasteiger partial charge in [0, 0.05) is 22.9 Å². The van der Waals surface area contributed by atoms with Crippen molar-refractivity contribution in [1.29, 1.82) is 0 Å². The van der Waals surface area contributed by atoms with Crippen LogP contribution in [0.25, 0.3) is 10.9 Å². The SMILES string of the molecule is C=C(C)CC(C)(Cc1ccccc1)C(=O)Cc1cc2cccc(F)c2nc1C. The molecule has 0 fully saturated rings. The molecule has 0 saturated heterocycles. The number of hydrogen-bond donors (Lipinski definition) is 0. The summed E-state index contributed by atoms with van der Waals surface area (Å²) in [5.74, 6) is -0.185. The number of halogens is 1. The largest absolute Gasteiger partial charge is 0.299 e. The molecule has 1 atom stereocenters. The molecule has 2 aromatic carbocycles. The number of benzene rings is 2. The number of para-hydroxylation sites is 1. The van der Waals surface area contributed by atoms with Crippen LogP contribution in [0.15, 0.2) is 66.7 Å². The summed E-state index contributed by atoms with van der Waals surface area (Å²) in [6.07, 6.45) is 1.57. The molecule has 0 radical (unpaired) electrons. The molecule has 0 aliphatic rings. The predicted molar refractivity (Wildman–Crippen MR) is 113 cm³/mol. The Morgan fingerprint density at radius 1 is 1.14 bits per heavy atom. The second kappa shape index (κ2) is 8.05. The third-order valence-corrected chi connectivity index (χ3v) is 5.25. The van der Waals surface area contributed by atoms with E-state index in [0.29, 0.717) is 24.1 Å². The zero-order valence-electron chi connectivity index (χ0n) is 16.8. The third kappa shape index (κ3) is 4.36. The average molecular weight is 375 g/mol. The highest BCUT2D eigenvalue weighted by Gasteiger charge is 2.33. The van der Waals surface area contributed by atoms with E-state index < -0.39 is 5.41 Å². The van der Waals surface area contributed by atoms with Gasteiger partial charge in [-0.1, -0.05) is 55.0 Å². The van der Waals surface area contributed by atoms with Gasteiger partial charge in [0.15, 0.2) is 0 Å². The van der Waals surface area contributed by atoms with Crippen LogP contribution in [0.2, 0.25) is 0 Å². The summed E-state index contributed by atoms with van der Waals surface area (Å²) in [5.41, 5.74) is 3.48. The molecule has 3 heteroatoms. The number of ketones is 1. The smallest absolute Gasteiger partial charge is 0.149 e. The van der Waals surface area contributed by atoms with Crippen molar-refractivity contribution in [2.45, 2.75) is 40.0 Å². The molecule has 0 saturated carbocycles. The Balaban J connectivity index is 1.92. The van der Waals surface area contributed by atoms with E-state index in [2.05, 4.69) is 23.7 Å². The number of rotatable bonds is 7. The number of Topliss-reactive ketones (excluding diaryl/α,β-unsaturated/α-hetero) is 1. The lowest BCUT2D eigenvalue weighted by molar-refractivity contribution is -0.127. The molecular formula is C25H26FNO. The zero-order chi connectivity index (χ0) is 20.3. The van der Waals surface area contributed by atoms with Crippen molar-refractivity contribution in [3.63, 3.8) is 0 Å². The van der Waals surface area contributed by atoms with Gasteiger partial charge in [0.25, 0.3) is 0 Å². The van der Waals surface area contributed by atoms with Crippen LogP contribution in [0.1, 0.15) is 37.1 Å². The van der Waals surface area contributed by atoms with Crippen LogP contribution in [0.4, 0.5) is 4.39 Å². The van der Waals surface area contributed by atoms with Crippen LogP contribution in [0.5, 0.6) is 0 Å². The first-order chi connectivity index (χ1) is 13.3. The van der Waals surface area contributed by atoms with Gasteiger partial charge in [0.2, 0.25) is 0 Å². The van der Waals surface area contributed by atoms with Crippen molar-refractivity contribution in [2.24, 2.45) is 5.41 Å². The Labute approximate surface area is 166 Å². The van der Waals surface area contributed by atoms with Crippen LogP contribution in [-0.4, -0.2) is 10.8 Å². The number of carbonyl (C=O) groups excluding carboxylic acids is 1. The van der Waals surface area contributed by atoms with E-state index in [-0.39, 0.29) is 18.0 Å². The summed E-state index contributed by atoms with van der Waals surface area (Å²) in [4.78, 5) is 17.8. The molecule has 0 amide bonds. The van der Waals surface area contributed by atoms with Crippen LogP contribution < -0.4 is 0 Å². The molecule has 1 aromatic heterocycles. The van der Waals surface area contributed by atoms with Crippen molar-refractivity contribution >= 4 is 16.7 Å². The van der Waals surface area contributed by atoms with Crippen molar-refractivity contribution in [3.8, 4) is 0 Å². The molecule has 3 rings (SSSR count). The van der Waals surface area contributed by atoms with Crippen LogP contribution in [-0.2, 0) is 17.6 Å². The van der Waals surface area contributed by atoms with Gasteiger partial charge in [-0.15, -0.1) is 6.58 Å². The molecule has 0 aliphatic carbocycles. The fraction of sp³-hybridized carbons (Fsp3) is 0.280. The summed E-state index contributed by atoms with van der Waals surface area (Å²) in [6.45, 7) is 9.84. The fourth-order valence-electron chi connectivity index (χ4n) is 3.84. The topological polar surface area (TPSA) is 30.0 Å². The van der Waals surface area contributed by atoms with Crippen LogP contribution in [0.3, 0.4) is 0 Å². The van der Waals surface area contributed by atoms with Gasteiger partial charge in [-0.3, -0.25) is 4.79 Å². The third-order valence-electron chi connectivity index (χ3n) is 5.25. The highest BCUT2D eigenvalue weighted by atomic mass is 19.1. The molecule has 2 nitrogen and oxygen atoms in total. The molecule has 1 heterocycles. The minimum atomic E-state index is -0.545. The van der Waals surface area contributed by atoms with Crippen LogP contribution >= 0.6 is 0 Å². The maximum atomic E-state index is 14.0. The van der Waals surface area contributed by atoms with Crippen LogP contribution in [0, 0.1) is 18.2 Å². The van der Waals surface area contributed by atoms with E-state index in [1.165, 1.54) is 6.07 Å². The first kappa shape index (κ1) is 19.9. The van der Waals surface area contributed by atoms with E-state index in [4.69, 9.17) is 0 Å². The number of hydrogen-bond acceptors (Lipinski definition) is 2. The average Bonchev–Trinajstić information content (AvgIpc) is 2.63. The molecule has 28 heavy (non-hydrogen) atoms. The summed E-state index contributed by atoms with van der Waals surface area (Å²) >= 11 is 0. The number of allylic oxidation sites excluding steroid dienone is 1. The van der Waals surface area contributed by atoms with Gasteiger partial charge in [-0.25, -0.2) is 9.37 Å². The van der Waals surface area contributed by atoms with E-state index in [9.17, 15) is 9.18 Å². The normalized spacial score (nSPS) is 13.3. The van der Waals surface area contributed by atoms with Crippen molar-refractivity contribution < 1.29 is 9.18 Å². The Kier molecular flexibility index (Phi) is 5.73. The molecule has 0 bridgehead atoms. The van der Waals surface area contributed by atoms with Gasteiger partial charge in [0.1, 0.15) is 17.1 Å². The zero-order valence-corrected chi connectivity index (χ0v) is 16.8. The molecule has 0 N–H and O–H groups in total. The summed E-state index contributed by atoms with van der Waals surface area (Å²) in [7, 11) is 0. The second-order valence-electron chi connectivity index (χ2n) is 8.00. The van der Waals surface area contributed by atoms with Crippen molar-refractivity contribution in [2.75, 3.05) is 0 Å². The summed E-state index contributed by atoms with van der Waals surface area (Å²) in [5, 5.41) is 0.720. The van der Waals surface area contributed by atoms with Crippen molar-refractivity contribution in [1.82, 2.24) is 4.98 Å². The lowest BCUT2D eigenvalue weighted by atomic mass is 9.73. The Hall–Kier alpha value is -2.81. The van der Waals surface area contributed by atoms with E-state index in [1.54, 1.807) is 6.07 Å². The summed E-state index contributed by atoms with van der Waals surface area (Å²) in [6, 6.07) is 16.9. The van der Waals surface area contributed by atoms with Gasteiger partial charge in [-0.05, 0) is 49.9 Å². The van der Waals surface area contributed by atoms with E-state index in [1.807, 2.05) is 51.1 Å². The Morgan fingerprint density at radius 2 is 1.86 bits per heavy atom. The minimum Gasteiger partial charge on any atom is -0.299 e. The Bertz CT molecular complexity index is 1030. The van der Waals surface area contributed by atoms with E-state index in [0.717, 1.165) is 22.1 Å². The maximum absolute atomic E-state index is 14.0. The lowest BCUT2D eigenvalue weighted by Crippen LogP contribution is -2.32. The first-order valence-electron chi connectivity index (χ1n) is 9.55. The highest BCUT2D eigenvalue weighted by Crippen LogP contribution is 2.33. The molecule has 1 unspecified atom stereocenters. The van der Waals surface area contributed by atoms with E-state index >= 15 is 0 Å². The predicted octanol–water partition coefficient (Wildman–Crippen LogP) is 6.01. The quantitative estimate of drug-likeness (QED) is 0.473. The number of aryl methyl sites for hydroxylation is 1. The number of carbonyl (C=O) groups is 1. The fourth-order valence-corrected chi connectivity index (χ4v) is 3.84. The molecular weight excluding hydrogens is 349 g/mol. The summed E-state index contributed by atoms with van der Waals surface area (Å²) < 4.78 is 14.0. The van der Waals surface area contributed by atoms with Gasteiger partial charge in [-0.2, -0.15) is 0 Å². The van der Waals surface area contributed by atoms with Gasteiger partial charge < -0.3 is 0 Å². The van der Waals surface area contributed by atoms with Crippen molar-refractivity contribution in [3.05, 3.63) is 89.4 Å². The standard InChI is InChI=1S/C25H26FNO/c1-17(2)15-25(4,16-19-9-6-5-7-10-19)23(28)14-21-13-20-11-8-12-22(26)24(20)27-18(21)3/h5-13H,1,14-16H2,2-4H3. The molecule has 3 aromatic rings. The second-order valence-corrected chi connectivity index (χ2v) is 8.00. The Morgan fingerprint density at radius 3 is 2.54 bits per heavy atom. The number of fused-ring (bicyclic) bond motifs is 1. The molecule has 144 valence electrons. The number of pyridine rings is 1. The molecule has 0 aliphatic heterocycles. The van der Waals surface area contributed by atoms with Gasteiger partial charge in [0.05, 0.1) is 0 Å². The lowest BCUT2D eigenvalue weighted by Gasteiger charge is -2.29. The first-order valence-corrected chi connectivity index (χ1v) is 9.55. The number of aromatic nitrogens is 1. The van der Waals surface area contributed by atoms with Gasteiger partial charge >= 0.3 is 0 Å². The molecule has 0 spiro atoms.